The van der Waals surface area contributed by atoms with E-state index in [1.807, 2.05) is 11.8 Å². The Morgan fingerprint density at radius 3 is 2.58 bits per heavy atom. The molecule has 0 aliphatic rings. The summed E-state index contributed by atoms with van der Waals surface area (Å²) in [6.45, 7) is 2.64. The highest BCUT2D eigenvalue weighted by molar-refractivity contribution is 7.99. The first-order valence-corrected chi connectivity index (χ1v) is 5.82. The van der Waals surface area contributed by atoms with Crippen molar-refractivity contribution in [1.29, 1.82) is 0 Å². The summed E-state index contributed by atoms with van der Waals surface area (Å²) in [5.74, 6) is 2.85. The average Bonchev–Trinajstić information content (AvgIpc) is 2.02. The van der Waals surface area contributed by atoms with Crippen LogP contribution in [0, 0.1) is 0 Å². The van der Waals surface area contributed by atoms with Gasteiger partial charge in [0.25, 0.3) is 0 Å². The molecule has 0 unspecified atom stereocenters. The summed E-state index contributed by atoms with van der Waals surface area (Å²) in [5, 5.41) is 0. The lowest BCUT2D eigenvalue weighted by atomic mass is 10.7. The Labute approximate surface area is 84.6 Å². The Kier molecular flexibility index (Phi) is 10.1. The van der Waals surface area contributed by atoms with Crippen molar-refractivity contribution in [3.63, 3.8) is 0 Å². The highest BCUT2D eigenvalue weighted by atomic mass is 35.5. The molecule has 0 aliphatic carbocycles. The van der Waals surface area contributed by atoms with Crippen molar-refractivity contribution in [2.75, 3.05) is 51.2 Å². The molecule has 0 heterocycles. The lowest BCUT2D eigenvalue weighted by Crippen LogP contribution is -2.15. The minimum atomic E-state index is 0.600. The van der Waals surface area contributed by atoms with Gasteiger partial charge in [0.2, 0.25) is 0 Å². The molecule has 0 rings (SSSR count). The van der Waals surface area contributed by atoms with E-state index in [0.717, 1.165) is 18.9 Å². The van der Waals surface area contributed by atoms with Gasteiger partial charge in [0.1, 0.15) is 0 Å². The molecule has 0 aromatic rings. The third-order valence-corrected chi connectivity index (χ3v) is 2.36. The molecule has 4 heteroatoms. The summed E-state index contributed by atoms with van der Waals surface area (Å²) < 4.78 is 5.22. The normalized spacial score (nSPS) is 11.0. The molecule has 12 heavy (non-hydrogen) atoms. The van der Waals surface area contributed by atoms with Crippen LogP contribution < -0.4 is 0 Å². The summed E-state index contributed by atoms with van der Waals surface area (Å²) in [5.41, 5.74) is 0. The molecule has 0 aromatic heterocycles. The highest BCUT2D eigenvalue weighted by Gasteiger charge is 1.91. The monoisotopic (exact) mass is 211 g/mol. The number of ether oxygens (including phenoxy) is 1. The predicted octanol–water partition coefficient (Wildman–Crippen LogP) is 1.54. The molecule has 0 N–H and O–H groups in total. The summed E-state index contributed by atoms with van der Waals surface area (Å²) in [6.07, 6.45) is 0. The highest BCUT2D eigenvalue weighted by Crippen LogP contribution is 1.99. The van der Waals surface area contributed by atoms with Crippen LogP contribution in [0.25, 0.3) is 0 Å². The molecule has 0 spiro atoms. The van der Waals surface area contributed by atoms with Crippen molar-refractivity contribution in [2.45, 2.75) is 0 Å². The van der Waals surface area contributed by atoms with Gasteiger partial charge >= 0.3 is 0 Å². The van der Waals surface area contributed by atoms with Crippen LogP contribution in [0.2, 0.25) is 0 Å². The molecule has 0 saturated carbocycles. The van der Waals surface area contributed by atoms with Crippen LogP contribution in [-0.2, 0) is 4.74 Å². The van der Waals surface area contributed by atoms with Gasteiger partial charge in [-0.05, 0) is 14.1 Å². The van der Waals surface area contributed by atoms with Crippen LogP contribution in [0.15, 0.2) is 0 Å². The smallest absolute Gasteiger partial charge is 0.0602 e. The fourth-order valence-electron chi connectivity index (χ4n) is 0.624. The van der Waals surface area contributed by atoms with Crippen LogP contribution in [0.1, 0.15) is 0 Å². The lowest BCUT2D eigenvalue weighted by molar-refractivity contribution is 0.166. The van der Waals surface area contributed by atoms with Gasteiger partial charge in [-0.3, -0.25) is 0 Å². The van der Waals surface area contributed by atoms with Crippen molar-refractivity contribution >= 4 is 23.4 Å². The molecule has 0 saturated heterocycles. The lowest BCUT2D eigenvalue weighted by Gasteiger charge is -2.08. The molecule has 0 fully saturated rings. The standard InChI is InChI=1S/C8H18ClNOS/c1-10(2)4-7-12-8-6-11-5-3-9/h3-8H2,1-2H3. The third-order valence-electron chi connectivity index (χ3n) is 1.28. The van der Waals surface area contributed by atoms with Crippen molar-refractivity contribution < 1.29 is 4.74 Å². The zero-order valence-corrected chi connectivity index (χ0v) is 9.46. The second-order valence-electron chi connectivity index (χ2n) is 2.72. The molecule has 0 atom stereocenters. The Hall–Kier alpha value is 0.560. The first kappa shape index (κ1) is 12.6. The van der Waals surface area contributed by atoms with Crippen LogP contribution in [0.4, 0.5) is 0 Å². The maximum atomic E-state index is 5.44. The maximum Gasteiger partial charge on any atom is 0.0602 e. The van der Waals surface area contributed by atoms with Gasteiger partial charge in [0, 0.05) is 23.9 Å². The van der Waals surface area contributed by atoms with Crippen LogP contribution in [0.3, 0.4) is 0 Å². The van der Waals surface area contributed by atoms with Gasteiger partial charge in [-0.25, -0.2) is 0 Å². The van der Waals surface area contributed by atoms with Gasteiger partial charge < -0.3 is 9.64 Å². The molecule has 0 aliphatic heterocycles. The number of thioether (sulfide) groups is 1. The minimum Gasteiger partial charge on any atom is -0.379 e. The number of halogens is 1. The Balaban J connectivity index is 2.82. The average molecular weight is 212 g/mol. The Bertz CT molecular complexity index is 93.1. The third kappa shape index (κ3) is 10.6. The summed E-state index contributed by atoms with van der Waals surface area (Å²) in [7, 11) is 4.18. The van der Waals surface area contributed by atoms with E-state index in [1.54, 1.807) is 0 Å². The second kappa shape index (κ2) is 9.65. The first-order chi connectivity index (χ1) is 5.77. The molecule has 0 amide bonds. The van der Waals surface area contributed by atoms with E-state index in [2.05, 4.69) is 19.0 Å². The molecule has 0 bridgehead atoms. The maximum absolute atomic E-state index is 5.44. The Morgan fingerprint density at radius 1 is 1.25 bits per heavy atom. The van der Waals surface area contributed by atoms with Gasteiger partial charge in [-0.15, -0.1) is 11.6 Å². The number of hydrogen-bond donors (Lipinski definition) is 0. The van der Waals surface area contributed by atoms with Crippen LogP contribution in [-0.4, -0.2) is 56.1 Å². The van der Waals surface area contributed by atoms with E-state index in [0.29, 0.717) is 12.5 Å². The predicted molar refractivity (Wildman–Crippen MR) is 57.4 cm³/mol. The molecular formula is C8H18ClNOS. The van der Waals surface area contributed by atoms with Gasteiger partial charge in [0.05, 0.1) is 13.2 Å². The summed E-state index contributed by atoms with van der Waals surface area (Å²) in [6, 6.07) is 0. The van der Waals surface area contributed by atoms with E-state index >= 15 is 0 Å². The van der Waals surface area contributed by atoms with Gasteiger partial charge in [-0.1, -0.05) is 0 Å². The largest absolute Gasteiger partial charge is 0.379 e. The molecule has 2 nitrogen and oxygen atoms in total. The van der Waals surface area contributed by atoms with Crippen molar-refractivity contribution in [3.8, 4) is 0 Å². The summed E-state index contributed by atoms with van der Waals surface area (Å²) in [4.78, 5) is 2.19. The zero-order chi connectivity index (χ0) is 9.23. The number of nitrogens with zero attached hydrogens (tertiary/aromatic N) is 1. The van der Waals surface area contributed by atoms with Crippen molar-refractivity contribution in [2.24, 2.45) is 0 Å². The van der Waals surface area contributed by atoms with Gasteiger partial charge in [-0.2, -0.15) is 11.8 Å². The molecule has 74 valence electrons. The van der Waals surface area contributed by atoms with Gasteiger partial charge in [0.15, 0.2) is 0 Å². The second-order valence-corrected chi connectivity index (χ2v) is 4.32. The van der Waals surface area contributed by atoms with E-state index in [9.17, 15) is 0 Å². The van der Waals surface area contributed by atoms with E-state index in [4.69, 9.17) is 16.3 Å². The summed E-state index contributed by atoms with van der Waals surface area (Å²) >= 11 is 7.37. The number of alkyl halides is 1. The van der Waals surface area contributed by atoms with Crippen LogP contribution in [0.5, 0.6) is 0 Å². The number of hydrogen-bond acceptors (Lipinski definition) is 3. The van der Waals surface area contributed by atoms with E-state index in [1.165, 1.54) is 5.75 Å². The quantitative estimate of drug-likeness (QED) is 0.447. The van der Waals surface area contributed by atoms with Crippen molar-refractivity contribution in [3.05, 3.63) is 0 Å². The molecular weight excluding hydrogens is 194 g/mol. The van der Waals surface area contributed by atoms with E-state index < -0.39 is 0 Å². The van der Waals surface area contributed by atoms with E-state index in [-0.39, 0.29) is 0 Å². The molecule has 0 radical (unpaired) electrons. The molecule has 0 aromatic carbocycles. The van der Waals surface area contributed by atoms with Crippen molar-refractivity contribution in [1.82, 2.24) is 4.90 Å². The zero-order valence-electron chi connectivity index (χ0n) is 7.88. The first-order valence-electron chi connectivity index (χ1n) is 4.13. The Morgan fingerprint density at radius 2 is 2.00 bits per heavy atom. The minimum absolute atomic E-state index is 0.600. The fraction of sp³-hybridized carbons (Fsp3) is 1.00. The number of rotatable bonds is 8. The van der Waals surface area contributed by atoms with Crippen LogP contribution >= 0.6 is 23.4 Å². The fourth-order valence-corrected chi connectivity index (χ4v) is 1.67. The SMILES string of the molecule is CN(C)CCSCCOCCCl. The topological polar surface area (TPSA) is 12.5 Å².